The Morgan fingerprint density at radius 2 is 1.72 bits per heavy atom. The third-order valence-electron chi connectivity index (χ3n) is 8.26. The average molecular weight is 730 g/mol. The predicted molar refractivity (Wildman–Crippen MR) is 194 cm³/mol. The molecular weight excluding hydrogens is 686 g/mol. The summed E-state index contributed by atoms with van der Waals surface area (Å²) in [6, 6.07) is 18.3. The second-order valence-corrected chi connectivity index (χ2v) is 12.4. The van der Waals surface area contributed by atoms with Gasteiger partial charge in [0.25, 0.3) is 11.8 Å². The normalized spacial score (nSPS) is 14.7. The number of nitrogens with one attached hydrogen (secondary N) is 3. The molecule has 2 heterocycles. The minimum atomic E-state index is -0.974. The van der Waals surface area contributed by atoms with Gasteiger partial charge in [-0.05, 0) is 86.9 Å². The van der Waals surface area contributed by atoms with Gasteiger partial charge in [0.05, 0.1) is 13.2 Å². The van der Waals surface area contributed by atoms with E-state index in [1.807, 2.05) is 32.4 Å². The van der Waals surface area contributed by atoms with E-state index in [0.717, 1.165) is 41.6 Å². The Balaban J connectivity index is 0.00000627. The van der Waals surface area contributed by atoms with Gasteiger partial charge in [0, 0.05) is 53.5 Å². The minimum Gasteiger partial charge on any atom is -0.412 e. The van der Waals surface area contributed by atoms with Crippen molar-refractivity contribution in [3.05, 3.63) is 113 Å². The molecule has 0 bridgehead atoms. The molecule has 15 heteroatoms. The maximum absolute atomic E-state index is 13.4. The molecule has 15 nitrogen and oxygen atoms in total. The van der Waals surface area contributed by atoms with Gasteiger partial charge in [-0.2, -0.15) is 9.78 Å². The molecule has 1 fully saturated rings. The van der Waals surface area contributed by atoms with E-state index in [1.54, 1.807) is 62.4 Å². The number of aromatic amines is 1. The predicted octanol–water partition coefficient (Wildman–Crippen LogP) is 3.95. The topological polar surface area (TPSA) is 200 Å². The minimum absolute atomic E-state index is 0. The van der Waals surface area contributed by atoms with E-state index in [0.29, 0.717) is 23.2 Å². The standard InChI is InChI=1S/C38H41N5O9.H2O/c1-5-49-51-34(44)15-16-35(45)52-50-24(2)29-11-6-7-12-30(29)36(46)40-28-10-8-9-26(19-28)23-43-37(47)33(41-38(43)48)21-25-13-14-32-31(20-25)27(22-39-32)17-18-42(3)4;/h6-16,19-20,22,24,33,39H,5,17-18,21,23H2,1-4H3,(H,40,46)(H,41,48);1H2/b16-15-;. The first-order valence-corrected chi connectivity index (χ1v) is 16.8. The Hall–Kier alpha value is -5.87. The molecule has 1 saturated heterocycles. The lowest BCUT2D eigenvalue weighted by atomic mass is 10.0. The highest BCUT2D eigenvalue weighted by Crippen LogP contribution is 2.25. The zero-order chi connectivity index (χ0) is 37.2. The van der Waals surface area contributed by atoms with Crippen LogP contribution in [0.15, 0.2) is 85.1 Å². The molecule has 280 valence electrons. The van der Waals surface area contributed by atoms with Gasteiger partial charge in [-0.25, -0.2) is 14.4 Å². The summed E-state index contributed by atoms with van der Waals surface area (Å²) in [5.74, 6) is -2.67. The van der Waals surface area contributed by atoms with E-state index < -0.39 is 36.0 Å². The number of hydrogen-bond donors (Lipinski definition) is 3. The Labute approximate surface area is 306 Å². The van der Waals surface area contributed by atoms with Crippen molar-refractivity contribution in [2.45, 2.75) is 45.4 Å². The third-order valence-corrected chi connectivity index (χ3v) is 8.26. The fraction of sp³-hybridized carbons (Fsp3) is 0.289. The number of hydrogen-bond acceptors (Lipinski definition) is 10. The Morgan fingerprint density at radius 3 is 2.47 bits per heavy atom. The first-order chi connectivity index (χ1) is 25.0. The maximum Gasteiger partial charge on any atom is 0.366 e. The number of fused-ring (bicyclic) bond motifs is 1. The Morgan fingerprint density at radius 1 is 0.962 bits per heavy atom. The number of carbonyl (C=O) groups excluding carboxylic acids is 5. The zero-order valence-corrected chi connectivity index (χ0v) is 29.8. The van der Waals surface area contributed by atoms with Gasteiger partial charge >= 0.3 is 18.0 Å². The van der Waals surface area contributed by atoms with Gasteiger partial charge in [0.15, 0.2) is 0 Å². The van der Waals surface area contributed by atoms with Crippen molar-refractivity contribution in [1.82, 2.24) is 20.1 Å². The van der Waals surface area contributed by atoms with E-state index >= 15 is 0 Å². The third kappa shape index (κ3) is 10.6. The molecule has 4 aromatic rings. The second-order valence-electron chi connectivity index (χ2n) is 12.4. The molecule has 2 unspecified atom stereocenters. The molecule has 5 rings (SSSR count). The highest BCUT2D eigenvalue weighted by molar-refractivity contribution is 6.06. The molecule has 1 aliphatic heterocycles. The van der Waals surface area contributed by atoms with Crippen LogP contribution in [0.1, 0.15) is 52.6 Å². The number of benzene rings is 3. The van der Waals surface area contributed by atoms with Gasteiger partial charge in [-0.3, -0.25) is 24.3 Å². The molecule has 5 N–H and O–H groups in total. The number of likely N-dealkylation sites (N-methyl/N-ethyl adjacent to an activating group) is 1. The lowest BCUT2D eigenvalue weighted by Gasteiger charge is -2.16. The monoisotopic (exact) mass is 729 g/mol. The summed E-state index contributed by atoms with van der Waals surface area (Å²) >= 11 is 0. The molecule has 53 heavy (non-hydrogen) atoms. The van der Waals surface area contributed by atoms with Crippen LogP contribution in [0.4, 0.5) is 10.5 Å². The number of amides is 4. The number of rotatable bonds is 16. The smallest absolute Gasteiger partial charge is 0.366 e. The van der Waals surface area contributed by atoms with Crippen LogP contribution >= 0.6 is 0 Å². The van der Waals surface area contributed by atoms with E-state index in [9.17, 15) is 24.0 Å². The highest BCUT2D eigenvalue weighted by Gasteiger charge is 2.38. The van der Waals surface area contributed by atoms with Crippen LogP contribution in [0.3, 0.4) is 0 Å². The molecule has 0 aliphatic carbocycles. The molecule has 1 aromatic heterocycles. The first-order valence-electron chi connectivity index (χ1n) is 16.8. The summed E-state index contributed by atoms with van der Waals surface area (Å²) in [7, 11) is 4.07. The summed E-state index contributed by atoms with van der Waals surface area (Å²) < 4.78 is 0. The van der Waals surface area contributed by atoms with Crippen LogP contribution in [0.25, 0.3) is 10.9 Å². The van der Waals surface area contributed by atoms with Crippen LogP contribution in [-0.4, -0.2) is 83.3 Å². The number of imide groups is 1. The number of urea groups is 1. The highest BCUT2D eigenvalue weighted by atomic mass is 17.2. The maximum atomic E-state index is 13.4. The van der Waals surface area contributed by atoms with Crippen molar-refractivity contribution in [3.63, 3.8) is 0 Å². The second kappa shape index (κ2) is 18.6. The molecule has 0 spiro atoms. The quantitative estimate of drug-likeness (QED) is 0.0657. The number of H-pyrrole nitrogens is 1. The van der Waals surface area contributed by atoms with Crippen LogP contribution in [0.2, 0.25) is 0 Å². The van der Waals surface area contributed by atoms with Crippen LogP contribution in [-0.2, 0) is 53.3 Å². The molecule has 4 amide bonds. The Kier molecular flexibility index (Phi) is 14.0. The summed E-state index contributed by atoms with van der Waals surface area (Å²) in [5, 5.41) is 6.77. The summed E-state index contributed by atoms with van der Waals surface area (Å²) in [5.41, 5.74) is 4.92. The first kappa shape index (κ1) is 39.9. The molecule has 3 aromatic carbocycles. The Bertz CT molecular complexity index is 1970. The number of nitrogens with zero attached hydrogens (tertiary/aromatic N) is 2. The molecule has 2 atom stereocenters. The van der Waals surface area contributed by atoms with E-state index in [1.165, 1.54) is 10.5 Å². The zero-order valence-electron chi connectivity index (χ0n) is 29.8. The molecule has 0 radical (unpaired) electrons. The summed E-state index contributed by atoms with van der Waals surface area (Å²) in [6.45, 7) is 4.28. The van der Waals surface area contributed by atoms with E-state index in [-0.39, 0.29) is 30.1 Å². The van der Waals surface area contributed by atoms with E-state index in [4.69, 9.17) is 9.78 Å². The van der Waals surface area contributed by atoms with Crippen molar-refractivity contribution in [2.24, 2.45) is 0 Å². The van der Waals surface area contributed by atoms with Crippen molar-refractivity contribution >= 4 is 46.4 Å². The number of anilines is 1. The van der Waals surface area contributed by atoms with Crippen LogP contribution in [0, 0.1) is 0 Å². The fourth-order valence-electron chi connectivity index (χ4n) is 5.67. The van der Waals surface area contributed by atoms with Gasteiger partial charge in [0.2, 0.25) is 0 Å². The van der Waals surface area contributed by atoms with Gasteiger partial charge in [-0.15, -0.1) is 0 Å². The van der Waals surface area contributed by atoms with Gasteiger partial charge in [-0.1, -0.05) is 36.4 Å². The largest absolute Gasteiger partial charge is 0.412 e. The molecule has 0 saturated carbocycles. The SMILES string of the molecule is CCOOC(=O)/C=C\C(=O)OOC(C)c1ccccc1C(=O)Nc1cccc(CN2C(=O)NC(Cc3ccc4[nH]cc(CCN(C)C)c4c3)C2=O)c1.O. The lowest BCUT2D eigenvalue weighted by molar-refractivity contribution is -0.293. The van der Waals surface area contributed by atoms with Crippen molar-refractivity contribution in [1.29, 1.82) is 0 Å². The van der Waals surface area contributed by atoms with Gasteiger partial charge in [0.1, 0.15) is 12.1 Å². The van der Waals surface area contributed by atoms with E-state index in [2.05, 4.69) is 36.4 Å². The van der Waals surface area contributed by atoms with Crippen LogP contribution < -0.4 is 10.6 Å². The summed E-state index contributed by atoms with van der Waals surface area (Å²) in [6.07, 6.45) is 4.03. The van der Waals surface area contributed by atoms with Crippen molar-refractivity contribution in [3.8, 4) is 0 Å². The van der Waals surface area contributed by atoms with Crippen molar-refractivity contribution in [2.75, 3.05) is 32.6 Å². The molecule has 1 aliphatic rings. The lowest BCUT2D eigenvalue weighted by Crippen LogP contribution is -2.32. The van der Waals surface area contributed by atoms with Gasteiger partial charge < -0.3 is 26.0 Å². The molecular formula is C38H43N5O10. The van der Waals surface area contributed by atoms with Crippen LogP contribution in [0.5, 0.6) is 0 Å². The number of aromatic nitrogens is 1. The fourth-order valence-corrected chi connectivity index (χ4v) is 5.67. The van der Waals surface area contributed by atoms with Crippen molar-refractivity contribution < 1.29 is 49.0 Å². The average Bonchev–Trinajstić information content (AvgIpc) is 3.66. The number of carbonyl (C=O) groups is 5. The summed E-state index contributed by atoms with van der Waals surface area (Å²) in [4.78, 5) is 88.6.